The van der Waals surface area contributed by atoms with Crippen LogP contribution in [0.2, 0.25) is 0 Å². The topological polar surface area (TPSA) is 50.4 Å². The molecular weight excluding hydrogens is 327 g/mol. The van der Waals surface area contributed by atoms with Gasteiger partial charge in [0.2, 0.25) is 0 Å². The molecule has 0 saturated heterocycles. The summed E-state index contributed by atoms with van der Waals surface area (Å²) in [5, 5.41) is 5.18. The van der Waals surface area contributed by atoms with Crippen molar-refractivity contribution >= 4 is 33.3 Å². The lowest BCUT2D eigenvalue weighted by Crippen LogP contribution is -2.19. The molecule has 0 aromatic heterocycles. The van der Waals surface area contributed by atoms with E-state index >= 15 is 0 Å². The zero-order valence-electron chi connectivity index (χ0n) is 10.6. The highest BCUT2D eigenvalue weighted by atomic mass is 79.9. The number of ether oxygens (including phenoxy) is 1. The zero-order chi connectivity index (χ0) is 14.5. The number of carbonyl (C=O) groups excluding carboxylic acids is 1. The molecule has 0 radical (unpaired) electrons. The number of carbonyl (C=O) groups is 1. The maximum absolute atomic E-state index is 13.3. The highest BCUT2D eigenvalue weighted by molar-refractivity contribution is 9.10. The van der Waals surface area contributed by atoms with E-state index < -0.39 is 11.8 Å². The monoisotopic (exact) mass is 338 g/mol. The molecule has 2 amide bonds. The third kappa shape index (κ3) is 3.96. The van der Waals surface area contributed by atoms with Gasteiger partial charge in [0, 0.05) is 28.0 Å². The molecule has 0 unspecified atom stereocenters. The number of halogens is 2. The molecule has 0 aliphatic carbocycles. The van der Waals surface area contributed by atoms with Crippen LogP contribution in [0.4, 0.5) is 20.6 Å². The van der Waals surface area contributed by atoms with Crippen LogP contribution < -0.4 is 15.4 Å². The maximum Gasteiger partial charge on any atom is 0.323 e. The summed E-state index contributed by atoms with van der Waals surface area (Å²) < 4.78 is 19.1. The van der Waals surface area contributed by atoms with E-state index in [1.54, 1.807) is 18.2 Å². The van der Waals surface area contributed by atoms with Gasteiger partial charge < -0.3 is 15.4 Å². The van der Waals surface area contributed by atoms with E-state index in [1.165, 1.54) is 25.3 Å². The van der Waals surface area contributed by atoms with Crippen LogP contribution in [0.15, 0.2) is 46.9 Å². The number of urea groups is 1. The minimum Gasteiger partial charge on any atom is -0.497 e. The van der Waals surface area contributed by atoms with Gasteiger partial charge >= 0.3 is 6.03 Å². The van der Waals surface area contributed by atoms with Crippen molar-refractivity contribution in [2.75, 3.05) is 17.7 Å². The second-order valence-electron chi connectivity index (χ2n) is 3.97. The first-order valence-corrected chi connectivity index (χ1v) is 6.54. The van der Waals surface area contributed by atoms with Crippen molar-refractivity contribution in [3.63, 3.8) is 0 Å². The van der Waals surface area contributed by atoms with Gasteiger partial charge in [-0.15, -0.1) is 0 Å². The van der Waals surface area contributed by atoms with Crippen LogP contribution in [0, 0.1) is 5.82 Å². The summed E-state index contributed by atoms with van der Waals surface area (Å²) in [7, 11) is 1.43. The number of hydrogen-bond donors (Lipinski definition) is 2. The normalized spacial score (nSPS) is 9.95. The van der Waals surface area contributed by atoms with Gasteiger partial charge in [0.15, 0.2) is 0 Å². The fourth-order valence-corrected chi connectivity index (χ4v) is 2.01. The Morgan fingerprint density at radius 1 is 1.15 bits per heavy atom. The van der Waals surface area contributed by atoms with E-state index in [9.17, 15) is 9.18 Å². The molecule has 0 aliphatic heterocycles. The molecular formula is C14H12BrFN2O2. The molecule has 4 nitrogen and oxygen atoms in total. The van der Waals surface area contributed by atoms with Gasteiger partial charge in [0.25, 0.3) is 0 Å². The predicted octanol–water partition coefficient (Wildman–Crippen LogP) is 4.24. The third-order valence-corrected chi connectivity index (χ3v) is 2.94. The van der Waals surface area contributed by atoms with Gasteiger partial charge in [-0.05, 0) is 24.3 Å². The Morgan fingerprint density at radius 3 is 2.60 bits per heavy atom. The molecule has 2 aromatic rings. The van der Waals surface area contributed by atoms with Gasteiger partial charge in [0.1, 0.15) is 11.6 Å². The minimum absolute atomic E-state index is 0.314. The van der Waals surface area contributed by atoms with Gasteiger partial charge in [-0.1, -0.05) is 22.0 Å². The molecule has 2 N–H and O–H groups in total. The molecule has 0 bridgehead atoms. The number of anilines is 2. The molecule has 20 heavy (non-hydrogen) atoms. The standard InChI is InChI=1S/C14H12BrFN2O2/c1-20-13-7-10(16)6-12(8-13)18-14(19)17-11-4-2-3-9(15)5-11/h2-8H,1H3,(H2,17,18,19). The van der Waals surface area contributed by atoms with Crippen LogP contribution in [0.1, 0.15) is 0 Å². The number of hydrogen-bond acceptors (Lipinski definition) is 2. The molecule has 0 fully saturated rings. The van der Waals surface area contributed by atoms with E-state index in [2.05, 4.69) is 26.6 Å². The Kier molecular flexibility index (Phi) is 4.57. The SMILES string of the molecule is COc1cc(F)cc(NC(=O)Nc2cccc(Br)c2)c1. The van der Waals surface area contributed by atoms with Crippen molar-refractivity contribution in [3.8, 4) is 5.75 Å². The van der Waals surface area contributed by atoms with Crippen molar-refractivity contribution < 1.29 is 13.9 Å². The first-order valence-electron chi connectivity index (χ1n) is 5.75. The maximum atomic E-state index is 13.3. The van der Waals surface area contributed by atoms with E-state index in [0.29, 0.717) is 17.1 Å². The molecule has 2 rings (SSSR count). The van der Waals surface area contributed by atoms with E-state index in [-0.39, 0.29) is 0 Å². The molecule has 104 valence electrons. The Labute approximate surface area is 124 Å². The summed E-state index contributed by atoms with van der Waals surface area (Å²) in [5.41, 5.74) is 0.939. The Hall–Kier alpha value is -2.08. The number of amides is 2. The smallest absolute Gasteiger partial charge is 0.323 e. The van der Waals surface area contributed by atoms with Gasteiger partial charge in [-0.25, -0.2) is 9.18 Å². The van der Waals surface area contributed by atoms with E-state index in [1.807, 2.05) is 6.07 Å². The molecule has 0 saturated carbocycles. The summed E-state index contributed by atoms with van der Waals surface area (Å²) in [4.78, 5) is 11.8. The summed E-state index contributed by atoms with van der Waals surface area (Å²) in [6.07, 6.45) is 0. The van der Waals surface area contributed by atoms with E-state index in [0.717, 1.165) is 4.47 Å². The van der Waals surface area contributed by atoms with Crippen LogP contribution in [0.25, 0.3) is 0 Å². The Morgan fingerprint density at radius 2 is 1.90 bits per heavy atom. The average Bonchev–Trinajstić information content (AvgIpc) is 2.37. The summed E-state index contributed by atoms with van der Waals surface area (Å²) in [5.74, 6) is -0.148. The molecule has 0 spiro atoms. The number of benzene rings is 2. The fourth-order valence-electron chi connectivity index (χ4n) is 1.61. The van der Waals surface area contributed by atoms with Crippen molar-refractivity contribution in [2.24, 2.45) is 0 Å². The van der Waals surface area contributed by atoms with Gasteiger partial charge in [-0.3, -0.25) is 0 Å². The first-order chi connectivity index (χ1) is 9.56. The van der Waals surface area contributed by atoms with Crippen LogP contribution in [0.3, 0.4) is 0 Å². The van der Waals surface area contributed by atoms with Gasteiger partial charge in [-0.2, -0.15) is 0 Å². The quantitative estimate of drug-likeness (QED) is 0.879. The summed E-state index contributed by atoms with van der Waals surface area (Å²) >= 11 is 3.31. The molecule has 0 aliphatic rings. The zero-order valence-corrected chi connectivity index (χ0v) is 12.2. The summed E-state index contributed by atoms with van der Waals surface area (Å²) in [6.45, 7) is 0. The lowest BCUT2D eigenvalue weighted by molar-refractivity contribution is 0.262. The first kappa shape index (κ1) is 14.3. The van der Waals surface area contributed by atoms with Crippen LogP contribution in [-0.4, -0.2) is 13.1 Å². The van der Waals surface area contributed by atoms with Crippen LogP contribution in [-0.2, 0) is 0 Å². The fraction of sp³-hybridized carbons (Fsp3) is 0.0714. The lowest BCUT2D eigenvalue weighted by atomic mass is 10.3. The van der Waals surface area contributed by atoms with Gasteiger partial charge in [0.05, 0.1) is 7.11 Å². The number of methoxy groups -OCH3 is 1. The second kappa shape index (κ2) is 6.38. The molecule has 2 aromatic carbocycles. The molecule has 6 heteroatoms. The van der Waals surface area contributed by atoms with Crippen molar-refractivity contribution in [1.29, 1.82) is 0 Å². The van der Waals surface area contributed by atoms with Crippen molar-refractivity contribution in [3.05, 3.63) is 52.8 Å². The predicted molar refractivity (Wildman–Crippen MR) is 79.7 cm³/mol. The third-order valence-electron chi connectivity index (χ3n) is 2.45. The highest BCUT2D eigenvalue weighted by Gasteiger charge is 2.06. The Bertz CT molecular complexity index is 634. The Balaban J connectivity index is 2.06. The average molecular weight is 339 g/mol. The molecule has 0 atom stereocenters. The van der Waals surface area contributed by atoms with Crippen molar-refractivity contribution in [2.45, 2.75) is 0 Å². The minimum atomic E-state index is -0.484. The summed E-state index contributed by atoms with van der Waals surface area (Å²) in [6, 6.07) is 10.7. The largest absolute Gasteiger partial charge is 0.497 e. The number of nitrogens with one attached hydrogen (secondary N) is 2. The second-order valence-corrected chi connectivity index (χ2v) is 4.88. The van der Waals surface area contributed by atoms with Crippen LogP contribution in [0.5, 0.6) is 5.75 Å². The molecule has 0 heterocycles. The number of rotatable bonds is 3. The van der Waals surface area contributed by atoms with Crippen molar-refractivity contribution in [1.82, 2.24) is 0 Å². The highest BCUT2D eigenvalue weighted by Crippen LogP contribution is 2.20. The van der Waals surface area contributed by atoms with E-state index in [4.69, 9.17) is 4.74 Å². The van der Waals surface area contributed by atoms with Crippen LogP contribution >= 0.6 is 15.9 Å². The lowest BCUT2D eigenvalue weighted by Gasteiger charge is -2.09.